The van der Waals surface area contributed by atoms with E-state index in [1.54, 1.807) is 16.3 Å². The molecule has 4 rings (SSSR count). The van der Waals surface area contributed by atoms with Gasteiger partial charge in [0.25, 0.3) is 0 Å². The molecule has 2 N–H and O–H groups in total. The number of nitrogens with zero attached hydrogens (tertiary/aromatic N) is 3. The number of aromatic nitrogens is 3. The maximum atomic E-state index is 12.2. The monoisotopic (exact) mass is 425 g/mol. The van der Waals surface area contributed by atoms with Gasteiger partial charge in [0.15, 0.2) is 5.16 Å². The summed E-state index contributed by atoms with van der Waals surface area (Å²) in [4.78, 5) is 14.2. The Hall–Kier alpha value is -2.55. The van der Waals surface area contributed by atoms with Crippen molar-refractivity contribution in [2.75, 3.05) is 31.3 Å². The Balaban J connectivity index is 1.32. The third-order valence-electron chi connectivity index (χ3n) is 5.16. The molecule has 1 aliphatic heterocycles. The van der Waals surface area contributed by atoms with Crippen molar-refractivity contribution in [3.8, 4) is 0 Å². The third-order valence-corrected chi connectivity index (χ3v) is 6.27. The summed E-state index contributed by atoms with van der Waals surface area (Å²) in [6.07, 6.45) is 0.745. The van der Waals surface area contributed by atoms with Crippen LogP contribution in [0, 0.1) is 0 Å². The molecule has 0 spiro atoms. The molecule has 8 heteroatoms. The average molecular weight is 426 g/mol. The standard InChI is InChI=1S/C22H27N5O2S/c1-26(2)18-10-8-17(9-11-18)20-23-14-19(29-20)15-30-22-25-24-21(28)27(22)13-12-16-6-4-3-5-7-16/h3-11,19-20,23H,12-15H2,1-2H3,(H,24,28)/t19-,20-/m0/s1. The lowest BCUT2D eigenvalue weighted by molar-refractivity contribution is 0.0534. The van der Waals surface area contributed by atoms with E-state index in [0.29, 0.717) is 11.7 Å². The summed E-state index contributed by atoms with van der Waals surface area (Å²) in [5.74, 6) is 0.731. The molecule has 7 nitrogen and oxygen atoms in total. The van der Waals surface area contributed by atoms with Gasteiger partial charge in [0.1, 0.15) is 6.23 Å². The zero-order chi connectivity index (χ0) is 20.9. The topological polar surface area (TPSA) is 75.2 Å². The highest BCUT2D eigenvalue weighted by molar-refractivity contribution is 7.99. The summed E-state index contributed by atoms with van der Waals surface area (Å²) in [6.45, 7) is 1.37. The van der Waals surface area contributed by atoms with Crippen molar-refractivity contribution in [3.05, 3.63) is 76.2 Å². The van der Waals surface area contributed by atoms with E-state index in [0.717, 1.165) is 30.0 Å². The molecule has 2 heterocycles. The van der Waals surface area contributed by atoms with Gasteiger partial charge in [0.05, 0.1) is 6.10 Å². The number of nitrogens with one attached hydrogen (secondary N) is 2. The number of aryl methyl sites for hydroxylation is 1. The summed E-state index contributed by atoms with van der Waals surface area (Å²) < 4.78 is 7.88. The summed E-state index contributed by atoms with van der Waals surface area (Å²) in [5.41, 5.74) is 3.31. The molecule has 0 unspecified atom stereocenters. The van der Waals surface area contributed by atoms with Crippen molar-refractivity contribution in [1.29, 1.82) is 0 Å². The van der Waals surface area contributed by atoms with Gasteiger partial charge in [0.2, 0.25) is 0 Å². The van der Waals surface area contributed by atoms with Crippen LogP contribution in [-0.4, -0.2) is 47.3 Å². The number of anilines is 1. The fourth-order valence-corrected chi connectivity index (χ4v) is 4.40. The van der Waals surface area contributed by atoms with Crippen LogP contribution in [0.5, 0.6) is 0 Å². The van der Waals surface area contributed by atoms with Crippen LogP contribution in [-0.2, 0) is 17.7 Å². The maximum absolute atomic E-state index is 12.2. The average Bonchev–Trinajstić information content (AvgIpc) is 3.38. The number of benzene rings is 2. The molecule has 1 aliphatic rings. The minimum atomic E-state index is -0.169. The molecule has 3 aromatic rings. The summed E-state index contributed by atoms with van der Waals surface area (Å²) in [7, 11) is 4.06. The van der Waals surface area contributed by atoms with Gasteiger partial charge in [0, 0.05) is 38.6 Å². The quantitative estimate of drug-likeness (QED) is 0.541. The molecule has 158 valence electrons. The second-order valence-corrected chi connectivity index (χ2v) is 8.53. The van der Waals surface area contributed by atoms with Crippen molar-refractivity contribution in [2.24, 2.45) is 0 Å². The summed E-state index contributed by atoms with van der Waals surface area (Å²) >= 11 is 1.55. The predicted octanol–water partition coefficient (Wildman–Crippen LogP) is 2.66. The van der Waals surface area contributed by atoms with E-state index in [-0.39, 0.29) is 18.0 Å². The normalized spacial score (nSPS) is 18.6. The van der Waals surface area contributed by atoms with Crippen LogP contribution in [0.1, 0.15) is 17.4 Å². The summed E-state index contributed by atoms with van der Waals surface area (Å²) in [5, 5.41) is 10.9. The lowest BCUT2D eigenvalue weighted by Crippen LogP contribution is -2.20. The molecule has 30 heavy (non-hydrogen) atoms. The van der Waals surface area contributed by atoms with Crippen molar-refractivity contribution < 1.29 is 4.74 Å². The molecule has 0 saturated carbocycles. The van der Waals surface area contributed by atoms with Crippen LogP contribution in [0.2, 0.25) is 0 Å². The van der Waals surface area contributed by atoms with Crippen LogP contribution in [0.3, 0.4) is 0 Å². The van der Waals surface area contributed by atoms with Crippen LogP contribution in [0.25, 0.3) is 0 Å². The van der Waals surface area contributed by atoms with E-state index < -0.39 is 0 Å². The number of aromatic amines is 1. The second kappa shape index (κ2) is 9.51. The first kappa shape index (κ1) is 20.7. The Morgan fingerprint density at radius 2 is 1.93 bits per heavy atom. The second-order valence-electron chi connectivity index (χ2n) is 7.54. The van der Waals surface area contributed by atoms with Crippen LogP contribution in [0.4, 0.5) is 5.69 Å². The van der Waals surface area contributed by atoms with Gasteiger partial charge < -0.3 is 9.64 Å². The molecule has 2 atom stereocenters. The van der Waals surface area contributed by atoms with Crippen molar-refractivity contribution in [3.63, 3.8) is 0 Å². The molecule has 1 saturated heterocycles. The molecule has 0 radical (unpaired) electrons. The highest BCUT2D eigenvalue weighted by Crippen LogP contribution is 2.26. The van der Waals surface area contributed by atoms with Crippen LogP contribution < -0.4 is 15.9 Å². The Labute approximate surface area is 180 Å². The van der Waals surface area contributed by atoms with Crippen LogP contribution in [0.15, 0.2) is 64.5 Å². The Morgan fingerprint density at radius 3 is 2.67 bits per heavy atom. The first-order valence-electron chi connectivity index (χ1n) is 10.1. The van der Waals surface area contributed by atoms with Crippen molar-refractivity contribution in [1.82, 2.24) is 20.1 Å². The van der Waals surface area contributed by atoms with Gasteiger partial charge in [-0.1, -0.05) is 54.2 Å². The molecule has 1 fully saturated rings. The van der Waals surface area contributed by atoms with Gasteiger partial charge in [-0.2, -0.15) is 0 Å². The van der Waals surface area contributed by atoms with E-state index in [4.69, 9.17) is 4.74 Å². The number of hydrogen-bond donors (Lipinski definition) is 2. The van der Waals surface area contributed by atoms with Crippen molar-refractivity contribution >= 4 is 17.4 Å². The number of ether oxygens (including phenoxy) is 1. The van der Waals surface area contributed by atoms with Crippen molar-refractivity contribution in [2.45, 2.75) is 30.5 Å². The highest BCUT2D eigenvalue weighted by atomic mass is 32.2. The number of H-pyrrole nitrogens is 1. The van der Waals surface area contributed by atoms with E-state index in [1.165, 1.54) is 5.56 Å². The van der Waals surface area contributed by atoms with Crippen LogP contribution >= 0.6 is 11.8 Å². The first-order valence-corrected chi connectivity index (χ1v) is 11.1. The largest absolute Gasteiger partial charge is 0.378 e. The fraction of sp³-hybridized carbons (Fsp3) is 0.364. The molecule has 1 aromatic heterocycles. The fourth-order valence-electron chi connectivity index (χ4n) is 3.43. The Morgan fingerprint density at radius 1 is 1.17 bits per heavy atom. The highest BCUT2D eigenvalue weighted by Gasteiger charge is 2.26. The first-order chi connectivity index (χ1) is 14.6. The van der Waals surface area contributed by atoms with Gasteiger partial charge in [-0.05, 0) is 29.7 Å². The summed E-state index contributed by atoms with van der Waals surface area (Å²) in [6, 6.07) is 18.5. The zero-order valence-electron chi connectivity index (χ0n) is 17.2. The molecule has 0 amide bonds. The van der Waals surface area contributed by atoms with Gasteiger partial charge in [-0.15, -0.1) is 5.10 Å². The SMILES string of the molecule is CN(C)c1ccc([C@H]2NC[C@@H](CSc3n[nH]c(=O)n3CCc3ccccc3)O2)cc1. The lowest BCUT2D eigenvalue weighted by Gasteiger charge is -2.16. The van der Waals surface area contributed by atoms with Gasteiger partial charge >= 0.3 is 5.69 Å². The molecular weight excluding hydrogens is 398 g/mol. The molecular formula is C22H27N5O2S. The van der Waals surface area contributed by atoms with E-state index >= 15 is 0 Å². The Bertz CT molecular complexity index is 1000. The number of hydrogen-bond acceptors (Lipinski definition) is 6. The maximum Gasteiger partial charge on any atom is 0.343 e. The lowest BCUT2D eigenvalue weighted by atomic mass is 10.1. The molecule has 0 bridgehead atoms. The third kappa shape index (κ3) is 4.95. The van der Waals surface area contributed by atoms with E-state index in [1.807, 2.05) is 32.3 Å². The Kier molecular flexibility index (Phi) is 6.56. The van der Waals surface area contributed by atoms with Gasteiger partial charge in [-0.25, -0.2) is 9.89 Å². The number of rotatable bonds is 8. The predicted molar refractivity (Wildman–Crippen MR) is 120 cm³/mol. The molecule has 0 aliphatic carbocycles. The van der Waals surface area contributed by atoms with Gasteiger partial charge in [-0.3, -0.25) is 9.88 Å². The zero-order valence-corrected chi connectivity index (χ0v) is 18.1. The van der Waals surface area contributed by atoms with E-state index in [9.17, 15) is 4.79 Å². The smallest absolute Gasteiger partial charge is 0.343 e. The minimum Gasteiger partial charge on any atom is -0.378 e. The molecule has 2 aromatic carbocycles. The van der Waals surface area contributed by atoms with E-state index in [2.05, 4.69) is 56.8 Å². The minimum absolute atomic E-state index is 0.0582. The number of thioether (sulfide) groups is 1.